The summed E-state index contributed by atoms with van der Waals surface area (Å²) in [5.74, 6) is 0.543. The van der Waals surface area contributed by atoms with Gasteiger partial charge in [-0.25, -0.2) is 0 Å². The van der Waals surface area contributed by atoms with Gasteiger partial charge in [-0.3, -0.25) is 9.59 Å². The van der Waals surface area contributed by atoms with Gasteiger partial charge in [0.25, 0.3) is 5.91 Å². The van der Waals surface area contributed by atoms with Crippen molar-refractivity contribution in [2.45, 2.75) is 39.2 Å². The van der Waals surface area contributed by atoms with Crippen molar-refractivity contribution in [2.24, 2.45) is 11.3 Å². The smallest absolute Gasteiger partial charge is 0.251 e. The Morgan fingerprint density at radius 3 is 2.33 bits per heavy atom. The third-order valence-electron chi connectivity index (χ3n) is 6.04. The van der Waals surface area contributed by atoms with Crippen LogP contribution in [0.1, 0.15) is 43.5 Å². The second-order valence-corrected chi connectivity index (χ2v) is 8.18. The molecular formula is C21H31N3O3. The van der Waals surface area contributed by atoms with Gasteiger partial charge in [-0.15, -0.1) is 0 Å². The van der Waals surface area contributed by atoms with E-state index in [-0.39, 0.29) is 17.7 Å². The van der Waals surface area contributed by atoms with E-state index in [0.717, 1.165) is 39.0 Å². The molecule has 0 aromatic heterocycles. The number of carbonyl (C=O) groups excluding carboxylic acids is 2. The number of hydrogen-bond acceptors (Lipinski definition) is 4. The van der Waals surface area contributed by atoms with Crippen LogP contribution in [0.15, 0.2) is 24.3 Å². The molecule has 0 aliphatic carbocycles. The van der Waals surface area contributed by atoms with Crippen LogP contribution in [0.2, 0.25) is 0 Å². The standard InChI is InChI=1S/C21H31N3O3/c1-15(2)18(23-19(25)16-4-6-17(27-3)7-5-16)20(26)24-12-9-21(10-13-24)8-11-22-14-21/h4-7,15,18,22H,8-14H2,1-3H3,(H,23,25). The molecule has 6 nitrogen and oxygen atoms in total. The predicted molar refractivity (Wildman–Crippen MR) is 105 cm³/mol. The van der Waals surface area contributed by atoms with Crippen LogP contribution in [0.4, 0.5) is 0 Å². The molecule has 3 rings (SSSR count). The summed E-state index contributed by atoms with van der Waals surface area (Å²) >= 11 is 0. The highest BCUT2D eigenvalue weighted by Gasteiger charge is 2.39. The minimum Gasteiger partial charge on any atom is -0.497 e. The molecule has 1 aromatic carbocycles. The maximum absolute atomic E-state index is 13.1. The van der Waals surface area contributed by atoms with E-state index in [9.17, 15) is 9.59 Å². The number of benzene rings is 1. The van der Waals surface area contributed by atoms with Gasteiger partial charge in [0.15, 0.2) is 0 Å². The third-order valence-corrected chi connectivity index (χ3v) is 6.04. The van der Waals surface area contributed by atoms with E-state index in [1.807, 2.05) is 18.7 Å². The van der Waals surface area contributed by atoms with E-state index in [1.54, 1.807) is 31.4 Å². The van der Waals surface area contributed by atoms with Crippen molar-refractivity contribution in [3.8, 4) is 5.75 Å². The van der Waals surface area contributed by atoms with Crippen molar-refractivity contribution in [1.29, 1.82) is 0 Å². The fourth-order valence-electron chi connectivity index (χ4n) is 4.10. The zero-order valence-electron chi connectivity index (χ0n) is 16.6. The van der Waals surface area contributed by atoms with Crippen LogP contribution >= 0.6 is 0 Å². The van der Waals surface area contributed by atoms with Gasteiger partial charge in [-0.05, 0) is 61.4 Å². The van der Waals surface area contributed by atoms with Crippen molar-refractivity contribution < 1.29 is 14.3 Å². The van der Waals surface area contributed by atoms with Crippen molar-refractivity contribution >= 4 is 11.8 Å². The van der Waals surface area contributed by atoms with Gasteiger partial charge in [-0.2, -0.15) is 0 Å². The summed E-state index contributed by atoms with van der Waals surface area (Å²) in [6, 6.07) is 6.43. The second-order valence-electron chi connectivity index (χ2n) is 8.18. The Morgan fingerprint density at radius 2 is 1.81 bits per heavy atom. The highest BCUT2D eigenvalue weighted by atomic mass is 16.5. The minimum absolute atomic E-state index is 0.0312. The largest absolute Gasteiger partial charge is 0.497 e. The lowest BCUT2D eigenvalue weighted by atomic mass is 9.77. The molecule has 2 fully saturated rings. The summed E-state index contributed by atoms with van der Waals surface area (Å²) in [7, 11) is 1.59. The highest BCUT2D eigenvalue weighted by molar-refractivity contribution is 5.97. The molecule has 2 amide bonds. The number of amides is 2. The summed E-state index contributed by atoms with van der Waals surface area (Å²) in [4.78, 5) is 27.6. The third kappa shape index (κ3) is 4.43. The van der Waals surface area contributed by atoms with Crippen LogP contribution in [-0.2, 0) is 4.79 Å². The fourth-order valence-corrected chi connectivity index (χ4v) is 4.10. The number of nitrogens with one attached hydrogen (secondary N) is 2. The normalized spacial score (nSPS) is 19.9. The molecule has 0 radical (unpaired) electrons. The van der Waals surface area contributed by atoms with Gasteiger partial charge in [0.1, 0.15) is 11.8 Å². The highest BCUT2D eigenvalue weighted by Crippen LogP contribution is 2.37. The number of rotatable bonds is 5. The number of hydrogen-bond donors (Lipinski definition) is 2. The first-order valence-corrected chi connectivity index (χ1v) is 9.88. The molecule has 6 heteroatoms. The lowest BCUT2D eigenvalue weighted by Crippen LogP contribution is -2.54. The van der Waals surface area contributed by atoms with Crippen molar-refractivity contribution in [3.63, 3.8) is 0 Å². The molecule has 27 heavy (non-hydrogen) atoms. The number of ether oxygens (including phenoxy) is 1. The van der Waals surface area contributed by atoms with Gasteiger partial charge in [0, 0.05) is 25.2 Å². The average Bonchev–Trinajstić information content (AvgIpc) is 3.13. The number of methoxy groups -OCH3 is 1. The summed E-state index contributed by atoms with van der Waals surface area (Å²) in [6.07, 6.45) is 3.29. The Balaban J connectivity index is 1.62. The molecule has 0 bridgehead atoms. The molecule has 2 aliphatic rings. The van der Waals surface area contributed by atoms with Gasteiger partial charge in [0.2, 0.25) is 5.91 Å². The quantitative estimate of drug-likeness (QED) is 0.829. The first kappa shape index (κ1) is 19.7. The molecule has 0 saturated carbocycles. The monoisotopic (exact) mass is 373 g/mol. The maximum Gasteiger partial charge on any atom is 0.251 e. The number of carbonyl (C=O) groups is 2. The molecule has 2 aliphatic heterocycles. The summed E-state index contributed by atoms with van der Waals surface area (Å²) in [5.41, 5.74) is 0.903. The van der Waals surface area contributed by atoms with Crippen molar-refractivity contribution in [2.75, 3.05) is 33.3 Å². The van der Waals surface area contributed by atoms with Crippen LogP contribution in [0.25, 0.3) is 0 Å². The van der Waals surface area contributed by atoms with E-state index in [4.69, 9.17) is 4.74 Å². The van der Waals surface area contributed by atoms with E-state index >= 15 is 0 Å². The minimum atomic E-state index is -0.504. The summed E-state index contributed by atoms with van der Waals surface area (Å²) < 4.78 is 5.13. The number of nitrogens with zero attached hydrogens (tertiary/aromatic N) is 1. The van der Waals surface area contributed by atoms with Gasteiger partial charge in [0.05, 0.1) is 7.11 Å². The average molecular weight is 373 g/mol. The molecular weight excluding hydrogens is 342 g/mol. The van der Waals surface area contributed by atoms with Gasteiger partial charge >= 0.3 is 0 Å². The first-order chi connectivity index (χ1) is 12.9. The second kappa shape index (κ2) is 8.30. The van der Waals surface area contributed by atoms with Crippen LogP contribution in [0.3, 0.4) is 0 Å². The van der Waals surface area contributed by atoms with E-state index in [2.05, 4.69) is 10.6 Å². The van der Waals surface area contributed by atoms with Crippen molar-refractivity contribution in [3.05, 3.63) is 29.8 Å². The van der Waals surface area contributed by atoms with Gasteiger partial charge < -0.3 is 20.3 Å². The Morgan fingerprint density at radius 1 is 1.15 bits per heavy atom. The van der Waals surface area contributed by atoms with Gasteiger partial charge in [-0.1, -0.05) is 13.8 Å². The predicted octanol–water partition coefficient (Wildman–Crippen LogP) is 2.05. The molecule has 2 heterocycles. The molecule has 2 N–H and O–H groups in total. The Bertz CT molecular complexity index is 656. The summed E-state index contributed by atoms with van der Waals surface area (Å²) in [6.45, 7) is 7.66. The number of piperidine rings is 1. The Kier molecular flexibility index (Phi) is 6.05. The summed E-state index contributed by atoms with van der Waals surface area (Å²) in [5, 5.41) is 6.40. The topological polar surface area (TPSA) is 70.7 Å². The molecule has 148 valence electrons. The zero-order chi connectivity index (χ0) is 19.4. The van der Waals surface area contributed by atoms with E-state index in [1.165, 1.54) is 6.42 Å². The Labute approximate surface area is 161 Å². The van der Waals surface area contributed by atoms with E-state index < -0.39 is 6.04 Å². The zero-order valence-corrected chi connectivity index (χ0v) is 16.6. The Hall–Kier alpha value is -2.08. The molecule has 1 unspecified atom stereocenters. The lowest BCUT2D eigenvalue weighted by Gasteiger charge is -2.40. The lowest BCUT2D eigenvalue weighted by molar-refractivity contribution is -0.136. The molecule has 2 saturated heterocycles. The molecule has 1 atom stereocenters. The van der Waals surface area contributed by atoms with Crippen LogP contribution in [0.5, 0.6) is 5.75 Å². The van der Waals surface area contributed by atoms with Crippen LogP contribution in [-0.4, -0.2) is 56.0 Å². The maximum atomic E-state index is 13.1. The fraction of sp³-hybridized carbons (Fsp3) is 0.619. The van der Waals surface area contributed by atoms with Crippen LogP contribution < -0.4 is 15.4 Å². The molecule has 1 aromatic rings. The SMILES string of the molecule is COc1ccc(C(=O)NC(C(=O)N2CCC3(CCNC3)CC2)C(C)C)cc1. The molecule has 1 spiro atoms. The van der Waals surface area contributed by atoms with E-state index in [0.29, 0.717) is 16.7 Å². The number of likely N-dealkylation sites (tertiary alicyclic amines) is 1. The van der Waals surface area contributed by atoms with Crippen molar-refractivity contribution in [1.82, 2.24) is 15.5 Å². The first-order valence-electron chi connectivity index (χ1n) is 9.88. The van der Waals surface area contributed by atoms with Crippen LogP contribution in [0, 0.1) is 11.3 Å².